The van der Waals surface area contributed by atoms with E-state index >= 15 is 0 Å². The van der Waals surface area contributed by atoms with Gasteiger partial charge in [0.2, 0.25) is 5.91 Å². The van der Waals surface area contributed by atoms with Crippen LogP contribution in [0, 0.1) is 18.7 Å². The zero-order valence-electron chi connectivity index (χ0n) is 21.1. The van der Waals surface area contributed by atoms with Crippen molar-refractivity contribution in [1.29, 1.82) is 0 Å². The number of nitrogens with zero attached hydrogens (tertiary/aromatic N) is 2. The molecule has 1 aromatic heterocycles. The van der Waals surface area contributed by atoms with Gasteiger partial charge in [-0.25, -0.2) is 14.2 Å². The van der Waals surface area contributed by atoms with Gasteiger partial charge >= 0.3 is 6.03 Å². The van der Waals surface area contributed by atoms with Crippen molar-refractivity contribution in [1.82, 2.24) is 20.5 Å². The Labute approximate surface area is 219 Å². The van der Waals surface area contributed by atoms with Crippen LogP contribution in [-0.4, -0.2) is 70.5 Å². The Morgan fingerprint density at radius 3 is 2.65 bits per heavy atom. The molecule has 1 aliphatic heterocycles. The molecule has 0 spiro atoms. The minimum absolute atomic E-state index is 0.0856. The van der Waals surface area contributed by atoms with Crippen LogP contribution in [0.15, 0.2) is 24.3 Å². The SMILES string of the molecule is CC(=O)c1sc(NC(=O)N[C@@H]2CCCC[C@H]2CN2C[C@H](Cc3ccc(F)cc3)NC(=O)[C@H]2CO)nc1C. The minimum Gasteiger partial charge on any atom is -0.394 e. The molecular formula is C26H34FN5O4S. The van der Waals surface area contributed by atoms with Gasteiger partial charge in [0.1, 0.15) is 11.9 Å². The molecule has 4 atom stereocenters. The lowest BCUT2D eigenvalue weighted by atomic mass is 9.83. The summed E-state index contributed by atoms with van der Waals surface area (Å²) in [6.45, 7) is 4.04. The lowest BCUT2D eigenvalue weighted by Crippen LogP contribution is -2.63. The lowest BCUT2D eigenvalue weighted by molar-refractivity contribution is -0.133. The Morgan fingerprint density at radius 2 is 1.97 bits per heavy atom. The van der Waals surface area contributed by atoms with Gasteiger partial charge in [-0.1, -0.05) is 36.3 Å². The number of urea groups is 1. The van der Waals surface area contributed by atoms with Crippen LogP contribution in [0.25, 0.3) is 0 Å². The second-order valence-electron chi connectivity index (χ2n) is 9.93. The molecule has 11 heteroatoms. The third kappa shape index (κ3) is 6.91. The second-order valence-corrected chi connectivity index (χ2v) is 10.9. The first-order chi connectivity index (χ1) is 17.7. The molecule has 9 nitrogen and oxygen atoms in total. The minimum atomic E-state index is -0.649. The van der Waals surface area contributed by atoms with Crippen LogP contribution in [0.1, 0.15) is 53.5 Å². The Balaban J connectivity index is 1.40. The van der Waals surface area contributed by atoms with E-state index < -0.39 is 6.04 Å². The van der Waals surface area contributed by atoms with Crippen LogP contribution >= 0.6 is 11.3 Å². The fourth-order valence-electron chi connectivity index (χ4n) is 5.34. The highest BCUT2D eigenvalue weighted by molar-refractivity contribution is 7.17. The molecule has 1 saturated heterocycles. The molecule has 2 fully saturated rings. The van der Waals surface area contributed by atoms with Gasteiger partial charge in [-0.2, -0.15) is 0 Å². The molecule has 4 rings (SSSR count). The molecule has 2 heterocycles. The summed E-state index contributed by atoms with van der Waals surface area (Å²) in [6, 6.07) is 4.97. The molecule has 0 bridgehead atoms. The molecule has 1 aliphatic carbocycles. The second kappa shape index (κ2) is 12.1. The van der Waals surface area contributed by atoms with E-state index in [1.165, 1.54) is 19.1 Å². The first kappa shape index (κ1) is 27.2. The number of hydrogen-bond donors (Lipinski definition) is 4. The van der Waals surface area contributed by atoms with Crippen molar-refractivity contribution in [2.24, 2.45) is 5.92 Å². The summed E-state index contributed by atoms with van der Waals surface area (Å²) in [4.78, 5) is 44.1. The summed E-state index contributed by atoms with van der Waals surface area (Å²) in [5.74, 6) is -0.504. The smallest absolute Gasteiger partial charge is 0.321 e. The molecule has 200 valence electrons. The quantitative estimate of drug-likeness (QED) is 0.389. The van der Waals surface area contributed by atoms with E-state index in [-0.39, 0.29) is 48.1 Å². The number of anilines is 1. The third-order valence-electron chi connectivity index (χ3n) is 7.14. The number of benzene rings is 1. The number of halogens is 1. The van der Waals surface area contributed by atoms with Crippen LogP contribution in [-0.2, 0) is 11.2 Å². The molecule has 0 radical (unpaired) electrons. The van der Waals surface area contributed by atoms with Crippen LogP contribution in [0.4, 0.5) is 14.3 Å². The van der Waals surface area contributed by atoms with Crippen LogP contribution in [0.5, 0.6) is 0 Å². The Kier molecular flexibility index (Phi) is 8.88. The number of amides is 3. The lowest BCUT2D eigenvalue weighted by Gasteiger charge is -2.42. The Bertz CT molecular complexity index is 1120. The molecule has 4 N–H and O–H groups in total. The van der Waals surface area contributed by atoms with Crippen LogP contribution in [0.3, 0.4) is 0 Å². The highest BCUT2D eigenvalue weighted by atomic mass is 32.1. The summed E-state index contributed by atoms with van der Waals surface area (Å²) in [5.41, 5.74) is 1.52. The highest BCUT2D eigenvalue weighted by Gasteiger charge is 2.37. The predicted octanol–water partition coefficient (Wildman–Crippen LogP) is 2.88. The number of aryl methyl sites for hydroxylation is 1. The largest absolute Gasteiger partial charge is 0.394 e. The maximum Gasteiger partial charge on any atom is 0.321 e. The van der Waals surface area contributed by atoms with E-state index in [2.05, 4.69) is 20.9 Å². The molecule has 1 saturated carbocycles. The van der Waals surface area contributed by atoms with Gasteiger partial charge < -0.3 is 15.7 Å². The molecule has 0 unspecified atom stereocenters. The van der Waals surface area contributed by atoms with E-state index in [9.17, 15) is 23.9 Å². The van der Waals surface area contributed by atoms with Crippen LogP contribution < -0.4 is 16.0 Å². The van der Waals surface area contributed by atoms with Gasteiger partial charge in [0.25, 0.3) is 0 Å². The summed E-state index contributed by atoms with van der Waals surface area (Å²) < 4.78 is 13.3. The number of hydrogen-bond acceptors (Lipinski definition) is 7. The Morgan fingerprint density at radius 1 is 1.24 bits per heavy atom. The maximum absolute atomic E-state index is 13.3. The normalized spacial score (nSPS) is 24.4. The number of piperazine rings is 1. The van der Waals surface area contributed by atoms with Crippen molar-refractivity contribution in [3.63, 3.8) is 0 Å². The van der Waals surface area contributed by atoms with E-state index in [4.69, 9.17) is 0 Å². The van der Waals surface area contributed by atoms with Crippen molar-refractivity contribution < 1.29 is 23.9 Å². The molecule has 2 aliphatic rings. The van der Waals surface area contributed by atoms with E-state index in [1.54, 1.807) is 19.1 Å². The van der Waals surface area contributed by atoms with Crippen molar-refractivity contribution in [2.75, 3.05) is 25.0 Å². The first-order valence-corrected chi connectivity index (χ1v) is 13.5. The number of rotatable bonds is 8. The number of ketones is 1. The summed E-state index contributed by atoms with van der Waals surface area (Å²) in [5, 5.41) is 19.1. The van der Waals surface area contributed by atoms with Gasteiger partial charge in [0.15, 0.2) is 10.9 Å². The number of nitrogens with one attached hydrogen (secondary N) is 3. The van der Waals surface area contributed by atoms with Gasteiger partial charge in [0, 0.05) is 32.1 Å². The van der Waals surface area contributed by atoms with E-state index in [0.717, 1.165) is 42.6 Å². The summed E-state index contributed by atoms with van der Waals surface area (Å²) in [7, 11) is 0. The average molecular weight is 532 g/mol. The zero-order valence-corrected chi connectivity index (χ0v) is 21.9. The Hall–Kier alpha value is -2.89. The molecule has 1 aromatic carbocycles. The monoisotopic (exact) mass is 531 g/mol. The fourth-order valence-corrected chi connectivity index (χ4v) is 6.19. The van der Waals surface area contributed by atoms with Gasteiger partial charge in [0.05, 0.1) is 17.2 Å². The average Bonchev–Trinajstić information content (AvgIpc) is 3.21. The zero-order chi connectivity index (χ0) is 26.5. The maximum atomic E-state index is 13.3. The van der Waals surface area contributed by atoms with Gasteiger partial charge in [-0.3, -0.25) is 19.8 Å². The van der Waals surface area contributed by atoms with E-state index in [1.807, 2.05) is 4.90 Å². The van der Waals surface area contributed by atoms with Gasteiger partial charge in [-0.05, 0) is 49.8 Å². The number of Topliss-reactive ketones (excluding diaryl/α,β-unsaturated/α-hetero) is 1. The van der Waals surface area contributed by atoms with Crippen molar-refractivity contribution in [2.45, 2.75) is 64.1 Å². The number of aromatic nitrogens is 1. The third-order valence-corrected chi connectivity index (χ3v) is 8.32. The van der Waals surface area contributed by atoms with E-state index in [0.29, 0.717) is 35.2 Å². The first-order valence-electron chi connectivity index (χ1n) is 12.7. The molecule has 2 aromatic rings. The van der Waals surface area contributed by atoms with Gasteiger partial charge in [-0.15, -0.1) is 0 Å². The van der Waals surface area contributed by atoms with Crippen molar-refractivity contribution >= 4 is 34.2 Å². The molecule has 37 heavy (non-hydrogen) atoms. The fraction of sp³-hybridized carbons (Fsp3) is 0.538. The topological polar surface area (TPSA) is 124 Å². The van der Waals surface area contributed by atoms with Crippen molar-refractivity contribution in [3.8, 4) is 0 Å². The van der Waals surface area contributed by atoms with Crippen molar-refractivity contribution in [3.05, 3.63) is 46.2 Å². The summed E-state index contributed by atoms with van der Waals surface area (Å²) >= 11 is 1.16. The standard InChI is InChI=1S/C26H34FN5O4S/c1-15-23(16(2)34)37-26(28-15)31-25(36)30-21-6-4-3-5-18(21)12-32-13-20(29-24(35)22(32)14-33)11-17-7-9-19(27)10-8-17/h7-10,18,20-22,33H,3-6,11-14H2,1-2H3,(H,29,35)(H2,28,30,31,36)/t18-,20-,21+,22+/m0/s1. The summed E-state index contributed by atoms with van der Waals surface area (Å²) in [6.07, 6.45) is 4.29. The number of carbonyl (C=O) groups excluding carboxylic acids is 3. The molecular weight excluding hydrogens is 497 g/mol. The number of aliphatic hydroxyl groups is 1. The highest BCUT2D eigenvalue weighted by Crippen LogP contribution is 2.28. The van der Waals surface area contributed by atoms with Crippen LogP contribution in [0.2, 0.25) is 0 Å². The number of carbonyl (C=O) groups is 3. The molecule has 3 amide bonds. The number of aliphatic hydroxyl groups excluding tert-OH is 1. The predicted molar refractivity (Wildman–Crippen MR) is 139 cm³/mol. The number of thiazole rings is 1.